The van der Waals surface area contributed by atoms with E-state index in [4.69, 9.17) is 10.2 Å². The monoisotopic (exact) mass is 312 g/mol. The number of unbranched alkanes of at least 4 members (excludes halogenated alkanes) is 4. The van der Waals surface area contributed by atoms with E-state index in [1.165, 1.54) is 19.3 Å². The predicted octanol–water partition coefficient (Wildman–Crippen LogP) is 0.194. The molecular weight excluding hydrogens is 283 g/mol. The number of aliphatic hydroxyl groups is 1. The van der Waals surface area contributed by atoms with E-state index >= 15 is 0 Å². The molecule has 0 rings (SSSR count). The number of amides is 1. The maximum atomic E-state index is 11.5. The van der Waals surface area contributed by atoms with Crippen LogP contribution < -0.4 is 5.32 Å². The molecule has 0 aromatic rings. The summed E-state index contributed by atoms with van der Waals surface area (Å²) in [7, 11) is 0. The summed E-state index contributed by atoms with van der Waals surface area (Å²) in [5.41, 5.74) is 0. The predicted molar refractivity (Wildman–Crippen MR) is 84.7 cm³/mol. The summed E-state index contributed by atoms with van der Waals surface area (Å²) >= 11 is 0. The van der Waals surface area contributed by atoms with Gasteiger partial charge in [-0.2, -0.15) is 0 Å². The number of nitrogens with one attached hydrogen (secondary N) is 1. The van der Waals surface area contributed by atoms with Crippen LogP contribution in [0.15, 0.2) is 0 Å². The van der Waals surface area contributed by atoms with Gasteiger partial charge in [0.05, 0.1) is 13.2 Å². The molecule has 0 saturated heterocycles. The molecule has 0 aliphatic rings. The second-order valence-electron chi connectivity index (χ2n) is 4.91. The Morgan fingerprint density at radius 1 is 1.10 bits per heavy atom. The first kappa shape index (κ1) is 23.1. The quantitative estimate of drug-likeness (QED) is 0.334. The minimum atomic E-state index is -0.930. The molecule has 0 aromatic heterocycles. The summed E-state index contributed by atoms with van der Waals surface area (Å²) in [6, 6.07) is 0. The second kappa shape index (κ2) is 16.2. The van der Waals surface area contributed by atoms with Crippen LogP contribution in [0.5, 0.6) is 0 Å². The number of aliphatic carboxylic acids is 1. The number of carboxylic acids is 1. The number of hydrogen-bond acceptors (Lipinski definition) is 4. The molecule has 0 unspecified atom stereocenters. The van der Waals surface area contributed by atoms with Gasteiger partial charge in [0.15, 0.2) is 0 Å². The molecule has 0 spiro atoms. The van der Waals surface area contributed by atoms with Gasteiger partial charge >= 0.3 is 35.5 Å². The van der Waals surface area contributed by atoms with Crippen molar-refractivity contribution in [3.8, 4) is 0 Å². The first-order valence-electron chi connectivity index (χ1n) is 7.41. The Morgan fingerprint density at radius 3 is 2.33 bits per heavy atom. The topological polar surface area (TPSA) is 89.9 Å². The summed E-state index contributed by atoms with van der Waals surface area (Å²) in [4.78, 5) is 23.7. The van der Waals surface area contributed by atoms with Crippen LogP contribution in [0.3, 0.4) is 0 Å². The second-order valence-corrected chi connectivity index (χ2v) is 4.91. The molecule has 0 aromatic carbocycles. The van der Waals surface area contributed by atoms with Crippen LogP contribution in [0.4, 0.5) is 0 Å². The molecule has 7 heteroatoms. The molecule has 21 heavy (non-hydrogen) atoms. The van der Waals surface area contributed by atoms with Gasteiger partial charge in [0.2, 0.25) is 5.91 Å². The van der Waals surface area contributed by atoms with E-state index in [0.29, 0.717) is 26.1 Å². The van der Waals surface area contributed by atoms with Crippen molar-refractivity contribution in [2.75, 3.05) is 32.8 Å². The zero-order valence-electron chi connectivity index (χ0n) is 12.4. The molecule has 0 heterocycles. The van der Waals surface area contributed by atoms with E-state index in [9.17, 15) is 9.59 Å². The van der Waals surface area contributed by atoms with Crippen LogP contribution in [0.1, 0.15) is 45.4 Å². The van der Waals surface area contributed by atoms with Crippen LogP contribution in [-0.4, -0.2) is 89.3 Å². The molecule has 0 fully saturated rings. The molecule has 6 nitrogen and oxygen atoms in total. The van der Waals surface area contributed by atoms with Crippen molar-refractivity contribution in [2.24, 2.45) is 0 Å². The summed E-state index contributed by atoms with van der Waals surface area (Å²) in [5.74, 6) is -0.915. The average molecular weight is 312 g/mol. The third kappa shape index (κ3) is 16.1. The van der Waals surface area contributed by atoms with E-state index in [2.05, 4.69) is 12.2 Å². The van der Waals surface area contributed by atoms with Gasteiger partial charge in [0.1, 0.15) is 0 Å². The minimum absolute atomic E-state index is 0. The third-order valence-electron chi connectivity index (χ3n) is 3.03. The summed E-state index contributed by atoms with van der Waals surface area (Å²) in [6.07, 6.45) is 6.09. The Morgan fingerprint density at radius 2 is 1.76 bits per heavy atom. The van der Waals surface area contributed by atoms with Crippen LogP contribution in [0.25, 0.3) is 0 Å². The van der Waals surface area contributed by atoms with Gasteiger partial charge in [-0.1, -0.05) is 32.6 Å². The van der Waals surface area contributed by atoms with Crippen LogP contribution in [-0.2, 0) is 9.59 Å². The summed E-state index contributed by atoms with van der Waals surface area (Å²) < 4.78 is 0. The van der Waals surface area contributed by atoms with Crippen molar-refractivity contribution < 1.29 is 19.8 Å². The number of carboxylic acid groups (broad SMARTS) is 1. The molecule has 0 bridgehead atoms. The van der Waals surface area contributed by atoms with Crippen molar-refractivity contribution in [2.45, 2.75) is 45.4 Å². The molecule has 0 aliphatic heterocycles. The standard InChI is InChI=1S/C14H28N2O4.Na.H/c1-2-3-4-5-6-7-13(18)15-8-9-16(10-11-17)12-14(19)20;;/h17H,2-12H2,1H3,(H,15,18)(H,19,20);;. The molecule has 0 saturated carbocycles. The molecule has 3 N–H and O–H groups in total. The van der Waals surface area contributed by atoms with E-state index in [0.717, 1.165) is 12.8 Å². The zero-order valence-corrected chi connectivity index (χ0v) is 12.4. The Bertz CT molecular complexity index is 278. The Kier molecular flexibility index (Phi) is 17.9. The number of nitrogens with zero attached hydrogens (tertiary/aromatic N) is 1. The summed E-state index contributed by atoms with van der Waals surface area (Å²) in [6.45, 7) is 3.11. The molecule has 0 radical (unpaired) electrons. The van der Waals surface area contributed by atoms with Gasteiger partial charge in [-0.15, -0.1) is 0 Å². The van der Waals surface area contributed by atoms with Gasteiger partial charge in [0.25, 0.3) is 0 Å². The fraction of sp³-hybridized carbons (Fsp3) is 0.857. The fourth-order valence-electron chi connectivity index (χ4n) is 1.93. The fourth-order valence-corrected chi connectivity index (χ4v) is 1.93. The maximum absolute atomic E-state index is 11.5. The first-order valence-corrected chi connectivity index (χ1v) is 7.41. The van der Waals surface area contributed by atoms with Gasteiger partial charge in [-0.3, -0.25) is 14.5 Å². The van der Waals surface area contributed by atoms with E-state index < -0.39 is 5.97 Å². The van der Waals surface area contributed by atoms with Gasteiger partial charge in [-0.25, -0.2) is 0 Å². The SMILES string of the molecule is CCCCCCCC(=O)NCCN(CCO)CC(=O)O.[NaH]. The Hall–Kier alpha value is -0.140. The van der Waals surface area contributed by atoms with Crippen molar-refractivity contribution in [3.63, 3.8) is 0 Å². The van der Waals surface area contributed by atoms with Gasteiger partial charge in [-0.05, 0) is 6.42 Å². The molecule has 0 aliphatic carbocycles. The normalized spacial score (nSPS) is 10.2. The number of carbonyl (C=O) groups excluding carboxylic acids is 1. The first-order chi connectivity index (χ1) is 9.60. The molecular formula is C14H29N2NaO4. The number of aliphatic hydroxyl groups excluding tert-OH is 1. The van der Waals surface area contributed by atoms with Crippen molar-refractivity contribution in [3.05, 3.63) is 0 Å². The molecule has 120 valence electrons. The van der Waals surface area contributed by atoms with Crippen LogP contribution >= 0.6 is 0 Å². The van der Waals surface area contributed by atoms with E-state index in [1.54, 1.807) is 4.90 Å². The third-order valence-corrected chi connectivity index (χ3v) is 3.03. The number of rotatable bonds is 13. The van der Waals surface area contributed by atoms with Crippen molar-refractivity contribution in [1.29, 1.82) is 0 Å². The van der Waals surface area contributed by atoms with E-state index in [1.807, 2.05) is 0 Å². The van der Waals surface area contributed by atoms with Crippen molar-refractivity contribution >= 4 is 41.4 Å². The number of carbonyl (C=O) groups is 2. The molecule has 1 amide bonds. The average Bonchev–Trinajstić information content (AvgIpc) is 2.38. The van der Waals surface area contributed by atoms with Crippen molar-refractivity contribution in [1.82, 2.24) is 10.2 Å². The molecule has 0 atom stereocenters. The Balaban J connectivity index is 0. The van der Waals surface area contributed by atoms with Crippen LogP contribution in [0, 0.1) is 0 Å². The van der Waals surface area contributed by atoms with Gasteiger partial charge < -0.3 is 15.5 Å². The zero-order chi connectivity index (χ0) is 15.2. The Labute approximate surface area is 149 Å². The number of hydrogen-bond donors (Lipinski definition) is 3. The summed E-state index contributed by atoms with van der Waals surface area (Å²) in [5, 5.41) is 20.3. The van der Waals surface area contributed by atoms with Crippen LogP contribution in [0.2, 0.25) is 0 Å². The van der Waals surface area contributed by atoms with Gasteiger partial charge in [0, 0.05) is 26.1 Å². The van der Waals surface area contributed by atoms with E-state index in [-0.39, 0.29) is 48.6 Å².